The van der Waals surface area contributed by atoms with E-state index in [1.807, 2.05) is 45.8 Å². The van der Waals surface area contributed by atoms with E-state index >= 15 is 0 Å². The summed E-state index contributed by atoms with van der Waals surface area (Å²) in [5.41, 5.74) is 1.96. The molecule has 1 saturated heterocycles. The monoisotopic (exact) mass is 754 g/mol. The standard InChI is InChI=1S/C39H42N6O6S2/c46-31-10-7-27(28-8-11-35(48)41-36(28)31)32(47)22-40-21-25-6-9-30-29(20-25)42-43-45(30)17-3-16-44-23-38(24-44)14-12-26(13-15-38)51-37(49)39(50,33-4-1-18-52-33)34-5-2-19-53-34/h1-2,4-11,18-20,26,32,40,46-47,50H,3,12-17,21-24H2,(H,41,48)/t32-/m0/s1. The number of hydrogen-bond acceptors (Lipinski definition) is 12. The number of aliphatic hydroxyl groups is 2. The molecule has 12 nitrogen and oxygen atoms in total. The normalized spacial score (nSPS) is 17.0. The zero-order valence-corrected chi connectivity index (χ0v) is 30.7. The molecule has 1 saturated carbocycles. The topological polar surface area (TPSA) is 166 Å². The predicted molar refractivity (Wildman–Crippen MR) is 204 cm³/mol. The van der Waals surface area contributed by atoms with E-state index in [1.165, 1.54) is 34.8 Å². The van der Waals surface area contributed by atoms with Gasteiger partial charge in [-0.2, -0.15) is 0 Å². The van der Waals surface area contributed by atoms with Crippen LogP contribution in [0.4, 0.5) is 0 Å². The average Bonchev–Trinajstić information content (AvgIpc) is 3.96. The Kier molecular flexibility index (Phi) is 9.91. The number of phenols is 1. The van der Waals surface area contributed by atoms with Gasteiger partial charge in [-0.25, -0.2) is 9.48 Å². The van der Waals surface area contributed by atoms with Gasteiger partial charge in [-0.05, 0) is 102 Å². The number of nitrogens with zero attached hydrogens (tertiary/aromatic N) is 4. The van der Waals surface area contributed by atoms with Gasteiger partial charge in [0.1, 0.15) is 17.4 Å². The van der Waals surface area contributed by atoms with Crippen LogP contribution >= 0.6 is 22.7 Å². The van der Waals surface area contributed by atoms with Crippen LogP contribution in [0.2, 0.25) is 0 Å². The summed E-state index contributed by atoms with van der Waals surface area (Å²) in [6.07, 6.45) is 3.58. The molecule has 1 spiro atoms. The molecule has 1 atom stereocenters. The number of esters is 1. The molecule has 1 aliphatic heterocycles. The fourth-order valence-electron chi connectivity index (χ4n) is 7.98. The molecule has 0 amide bonds. The second-order valence-corrected chi connectivity index (χ2v) is 16.3. The van der Waals surface area contributed by atoms with Gasteiger partial charge in [-0.1, -0.05) is 29.5 Å². The van der Waals surface area contributed by atoms with Crippen molar-refractivity contribution in [3.05, 3.63) is 109 Å². The average molecular weight is 755 g/mol. The van der Waals surface area contributed by atoms with Crippen molar-refractivity contribution < 1.29 is 24.9 Å². The van der Waals surface area contributed by atoms with Crippen LogP contribution in [0.25, 0.3) is 21.9 Å². The van der Waals surface area contributed by atoms with Crippen molar-refractivity contribution in [3.8, 4) is 5.75 Å². The van der Waals surface area contributed by atoms with Crippen LogP contribution in [0.1, 0.15) is 59.1 Å². The molecule has 276 valence electrons. The first-order chi connectivity index (χ1) is 25.7. The zero-order valence-electron chi connectivity index (χ0n) is 29.1. The number of likely N-dealkylation sites (tertiary alicyclic amines) is 1. The molecule has 2 fully saturated rings. The number of carbonyl (C=O) groups excluding carboxylic acids is 1. The van der Waals surface area contributed by atoms with Crippen molar-refractivity contribution in [1.29, 1.82) is 0 Å². The van der Waals surface area contributed by atoms with Gasteiger partial charge in [0, 0.05) is 44.2 Å². The number of aromatic amines is 1. The van der Waals surface area contributed by atoms with Gasteiger partial charge in [-0.3, -0.25) is 4.79 Å². The highest BCUT2D eigenvalue weighted by atomic mass is 32.1. The summed E-state index contributed by atoms with van der Waals surface area (Å²) in [4.78, 5) is 31.4. The molecule has 1 aliphatic carbocycles. The number of fused-ring (bicyclic) bond motifs is 2. The SMILES string of the molecule is O=C(OC1CCC2(CC1)CN(CCCn1nnc3cc(CNC[C@H](O)c4ccc(O)c5[nH]c(=O)ccc45)ccc31)C2)C(O)(c1cccs1)c1cccs1. The second-order valence-electron chi connectivity index (χ2n) is 14.4. The van der Waals surface area contributed by atoms with E-state index in [1.54, 1.807) is 24.3 Å². The van der Waals surface area contributed by atoms with Crippen LogP contribution in [0.5, 0.6) is 5.75 Å². The van der Waals surface area contributed by atoms with Crippen LogP contribution in [-0.2, 0) is 28.2 Å². The number of pyridine rings is 1. The second kappa shape index (κ2) is 14.8. The van der Waals surface area contributed by atoms with Crippen molar-refractivity contribution >= 4 is 50.6 Å². The Labute approximate surface area is 313 Å². The molecule has 5 heterocycles. The first kappa shape index (κ1) is 35.6. The Bertz CT molecular complexity index is 2220. The Morgan fingerprint density at radius 1 is 1.04 bits per heavy atom. The van der Waals surface area contributed by atoms with Crippen molar-refractivity contribution in [2.24, 2.45) is 5.41 Å². The Morgan fingerprint density at radius 3 is 2.51 bits per heavy atom. The fourth-order valence-corrected chi connectivity index (χ4v) is 9.69. The van der Waals surface area contributed by atoms with Gasteiger partial charge in [0.2, 0.25) is 11.2 Å². The van der Waals surface area contributed by atoms with E-state index in [-0.39, 0.29) is 29.4 Å². The maximum Gasteiger partial charge on any atom is 0.349 e. The summed E-state index contributed by atoms with van der Waals surface area (Å²) in [6.45, 7) is 4.66. The molecule has 2 aliphatic rings. The maximum atomic E-state index is 13.4. The highest BCUT2D eigenvalue weighted by molar-refractivity contribution is 7.12. The number of nitrogens with one attached hydrogen (secondary N) is 2. The molecular weight excluding hydrogens is 713 g/mol. The van der Waals surface area contributed by atoms with E-state index in [0.29, 0.717) is 32.8 Å². The number of carbonyl (C=O) groups is 1. The number of hydrogen-bond donors (Lipinski definition) is 5. The summed E-state index contributed by atoms with van der Waals surface area (Å²) in [7, 11) is 0. The van der Waals surface area contributed by atoms with Gasteiger partial charge in [0.25, 0.3) is 0 Å². The lowest BCUT2D eigenvalue weighted by atomic mass is 9.68. The lowest BCUT2D eigenvalue weighted by Gasteiger charge is -2.53. The number of phenolic OH excluding ortho intramolecular Hbond substituents is 1. The van der Waals surface area contributed by atoms with Crippen LogP contribution in [0.15, 0.2) is 82.3 Å². The smallest absolute Gasteiger partial charge is 0.349 e. The molecule has 0 radical (unpaired) electrons. The van der Waals surface area contributed by atoms with Crippen molar-refractivity contribution in [2.75, 3.05) is 26.2 Å². The molecule has 6 aromatic rings. The summed E-state index contributed by atoms with van der Waals surface area (Å²) in [6, 6.07) is 19.5. The Hall–Kier alpha value is -4.44. The van der Waals surface area contributed by atoms with Crippen LogP contribution in [0, 0.1) is 5.41 Å². The summed E-state index contributed by atoms with van der Waals surface area (Å²) < 4.78 is 7.93. The van der Waals surface area contributed by atoms with Crippen LogP contribution < -0.4 is 10.9 Å². The van der Waals surface area contributed by atoms with Gasteiger partial charge >= 0.3 is 5.97 Å². The van der Waals surface area contributed by atoms with E-state index < -0.39 is 17.7 Å². The third kappa shape index (κ3) is 7.14. The Morgan fingerprint density at radius 2 is 1.79 bits per heavy atom. The summed E-state index contributed by atoms with van der Waals surface area (Å²) >= 11 is 2.72. The molecule has 4 aromatic heterocycles. The number of thiophene rings is 2. The molecule has 0 unspecified atom stereocenters. The number of H-pyrrole nitrogens is 1. The van der Waals surface area contributed by atoms with Gasteiger partial charge in [-0.15, -0.1) is 27.8 Å². The van der Waals surface area contributed by atoms with E-state index in [4.69, 9.17) is 4.74 Å². The minimum Gasteiger partial charge on any atom is -0.506 e. The van der Waals surface area contributed by atoms with E-state index in [2.05, 4.69) is 25.5 Å². The molecular formula is C39H42N6O6S2. The number of rotatable bonds is 13. The van der Waals surface area contributed by atoms with Gasteiger partial charge in [0.05, 0.1) is 26.9 Å². The number of benzene rings is 2. The summed E-state index contributed by atoms with van der Waals surface area (Å²) in [5, 5.41) is 49.0. The van der Waals surface area contributed by atoms with Crippen LogP contribution in [0.3, 0.4) is 0 Å². The highest BCUT2D eigenvalue weighted by Crippen LogP contribution is 2.45. The maximum absolute atomic E-state index is 13.4. The first-order valence-electron chi connectivity index (χ1n) is 18.0. The quantitative estimate of drug-likeness (QED) is 0.101. The Balaban J connectivity index is 0.775. The first-order valence-corrected chi connectivity index (χ1v) is 19.8. The number of aryl methyl sites for hydroxylation is 1. The fraction of sp³-hybridized carbons (Fsp3) is 0.385. The molecule has 53 heavy (non-hydrogen) atoms. The zero-order chi connectivity index (χ0) is 36.6. The third-order valence-corrected chi connectivity index (χ3v) is 12.7. The number of aliphatic hydroxyl groups excluding tert-OH is 1. The van der Waals surface area contributed by atoms with Crippen molar-refractivity contribution in [1.82, 2.24) is 30.2 Å². The highest BCUT2D eigenvalue weighted by Gasteiger charge is 2.48. The van der Waals surface area contributed by atoms with Crippen molar-refractivity contribution in [2.45, 2.75) is 63.0 Å². The molecule has 2 aromatic carbocycles. The van der Waals surface area contributed by atoms with E-state index in [9.17, 15) is 24.9 Å². The molecule has 14 heteroatoms. The lowest BCUT2D eigenvalue weighted by molar-refractivity contribution is -0.171. The number of aromatic hydroxyl groups is 1. The number of ether oxygens (including phenoxy) is 1. The van der Waals surface area contributed by atoms with Crippen LogP contribution in [-0.4, -0.2) is 78.4 Å². The van der Waals surface area contributed by atoms with E-state index in [0.717, 1.165) is 74.9 Å². The minimum atomic E-state index is -1.76. The largest absolute Gasteiger partial charge is 0.506 e. The lowest BCUT2D eigenvalue weighted by Crippen LogP contribution is -2.58. The predicted octanol–water partition coefficient (Wildman–Crippen LogP) is 5.04. The van der Waals surface area contributed by atoms with Crippen molar-refractivity contribution in [3.63, 3.8) is 0 Å². The summed E-state index contributed by atoms with van der Waals surface area (Å²) in [5.74, 6) is -0.617. The molecule has 5 N–H and O–H groups in total. The minimum absolute atomic E-state index is 0.0377. The molecule has 8 rings (SSSR count). The van der Waals surface area contributed by atoms with Gasteiger partial charge < -0.3 is 35.3 Å². The third-order valence-electron chi connectivity index (χ3n) is 10.8. The number of aromatic nitrogens is 4. The molecule has 0 bridgehead atoms. The van der Waals surface area contributed by atoms with Gasteiger partial charge in [0.15, 0.2) is 0 Å².